The fraction of sp³-hybridized carbons (Fsp3) is 0.632. The Labute approximate surface area is 156 Å². The number of nitrogens with one attached hydrogen (secondary N) is 2. The van der Waals surface area contributed by atoms with Gasteiger partial charge in [-0.25, -0.2) is 8.42 Å². The molecule has 3 rings (SSSR count). The molecule has 2 aliphatic rings. The van der Waals surface area contributed by atoms with E-state index in [4.69, 9.17) is 0 Å². The second-order valence-electron chi connectivity index (χ2n) is 7.39. The number of nitrogens with zero attached hydrogens (tertiary/aromatic N) is 1. The zero-order chi connectivity index (χ0) is 18.4. The molecule has 0 radical (unpaired) electrons. The first-order valence-electron chi connectivity index (χ1n) is 9.52. The van der Waals surface area contributed by atoms with Crippen LogP contribution in [-0.4, -0.2) is 63.5 Å². The van der Waals surface area contributed by atoms with E-state index >= 15 is 0 Å². The van der Waals surface area contributed by atoms with Crippen molar-refractivity contribution in [1.29, 1.82) is 0 Å². The standard InChI is InChI=1S/C19H29N3O3S/c23-19(21-8-6-16-4-2-7-20-14-16)18-5-1-3-17(13-18)15-22-9-11-26(24,25)12-10-22/h1,3,5,13,16,20H,2,4,6-12,14-15H2,(H,21,23). The first-order chi connectivity index (χ1) is 12.5. The van der Waals surface area contributed by atoms with Crippen LogP contribution in [0.2, 0.25) is 0 Å². The summed E-state index contributed by atoms with van der Waals surface area (Å²) in [6, 6.07) is 7.64. The van der Waals surface area contributed by atoms with Gasteiger partial charge in [0.15, 0.2) is 9.84 Å². The Morgan fingerprint density at radius 1 is 1.27 bits per heavy atom. The van der Waals surface area contributed by atoms with Crippen LogP contribution in [0.5, 0.6) is 0 Å². The van der Waals surface area contributed by atoms with Crippen molar-refractivity contribution in [3.8, 4) is 0 Å². The Morgan fingerprint density at radius 2 is 2.08 bits per heavy atom. The van der Waals surface area contributed by atoms with Crippen LogP contribution >= 0.6 is 0 Å². The molecule has 0 bridgehead atoms. The molecule has 1 amide bonds. The maximum absolute atomic E-state index is 12.4. The minimum absolute atomic E-state index is 0.0307. The van der Waals surface area contributed by atoms with Crippen LogP contribution in [0.4, 0.5) is 0 Å². The molecule has 2 aliphatic heterocycles. The van der Waals surface area contributed by atoms with Crippen molar-refractivity contribution in [2.75, 3.05) is 44.2 Å². The average molecular weight is 380 g/mol. The lowest BCUT2D eigenvalue weighted by molar-refractivity contribution is 0.0950. The van der Waals surface area contributed by atoms with Gasteiger partial charge in [-0.15, -0.1) is 0 Å². The molecule has 6 nitrogen and oxygen atoms in total. The number of sulfone groups is 1. The molecule has 0 aromatic heterocycles. The van der Waals surface area contributed by atoms with Crippen molar-refractivity contribution < 1.29 is 13.2 Å². The van der Waals surface area contributed by atoms with Gasteiger partial charge in [0.05, 0.1) is 11.5 Å². The highest BCUT2D eigenvalue weighted by molar-refractivity contribution is 7.91. The summed E-state index contributed by atoms with van der Waals surface area (Å²) in [6.07, 6.45) is 3.48. The summed E-state index contributed by atoms with van der Waals surface area (Å²) in [5.74, 6) is 1.08. The Kier molecular flexibility index (Phi) is 6.67. The Morgan fingerprint density at radius 3 is 2.81 bits per heavy atom. The van der Waals surface area contributed by atoms with Crippen molar-refractivity contribution in [2.45, 2.75) is 25.8 Å². The fourth-order valence-corrected chi connectivity index (χ4v) is 4.92. The van der Waals surface area contributed by atoms with E-state index in [9.17, 15) is 13.2 Å². The summed E-state index contributed by atoms with van der Waals surface area (Å²) in [7, 11) is -2.86. The van der Waals surface area contributed by atoms with Crippen molar-refractivity contribution in [2.24, 2.45) is 5.92 Å². The quantitative estimate of drug-likeness (QED) is 0.772. The molecule has 144 valence electrons. The van der Waals surface area contributed by atoms with Gasteiger partial charge < -0.3 is 10.6 Å². The minimum Gasteiger partial charge on any atom is -0.352 e. The van der Waals surface area contributed by atoms with Crippen LogP contribution < -0.4 is 10.6 Å². The molecular formula is C19H29N3O3S. The number of amides is 1. The number of carbonyl (C=O) groups excluding carboxylic acids is 1. The van der Waals surface area contributed by atoms with Crippen molar-refractivity contribution in [3.63, 3.8) is 0 Å². The van der Waals surface area contributed by atoms with Gasteiger partial charge >= 0.3 is 0 Å². The summed E-state index contributed by atoms with van der Waals surface area (Å²) in [4.78, 5) is 14.5. The second-order valence-corrected chi connectivity index (χ2v) is 9.69. The molecule has 2 heterocycles. The smallest absolute Gasteiger partial charge is 0.251 e. The van der Waals surface area contributed by atoms with Crippen LogP contribution in [0.3, 0.4) is 0 Å². The molecule has 7 heteroatoms. The maximum atomic E-state index is 12.4. The van der Waals surface area contributed by atoms with Crippen LogP contribution in [0.15, 0.2) is 24.3 Å². The number of carbonyl (C=O) groups is 1. The first-order valence-corrected chi connectivity index (χ1v) is 11.3. The summed E-state index contributed by atoms with van der Waals surface area (Å²) < 4.78 is 23.0. The molecule has 2 fully saturated rings. The number of benzene rings is 1. The molecule has 0 saturated carbocycles. The van der Waals surface area contributed by atoms with Gasteiger partial charge in [-0.05, 0) is 56.0 Å². The van der Waals surface area contributed by atoms with Gasteiger partial charge in [0, 0.05) is 31.7 Å². The van der Waals surface area contributed by atoms with Gasteiger partial charge in [-0.2, -0.15) is 0 Å². The summed E-state index contributed by atoms with van der Waals surface area (Å²) >= 11 is 0. The van der Waals surface area contributed by atoms with E-state index in [1.54, 1.807) is 0 Å². The van der Waals surface area contributed by atoms with Gasteiger partial charge in [-0.3, -0.25) is 9.69 Å². The maximum Gasteiger partial charge on any atom is 0.251 e. The molecule has 1 aromatic carbocycles. The number of rotatable bonds is 6. The molecule has 2 saturated heterocycles. The Balaban J connectivity index is 1.47. The molecule has 26 heavy (non-hydrogen) atoms. The third kappa shape index (κ3) is 5.79. The van der Waals surface area contributed by atoms with Crippen molar-refractivity contribution in [1.82, 2.24) is 15.5 Å². The molecule has 1 unspecified atom stereocenters. The monoisotopic (exact) mass is 379 g/mol. The van der Waals surface area contributed by atoms with E-state index in [1.807, 2.05) is 24.3 Å². The van der Waals surface area contributed by atoms with Gasteiger partial charge in [0.1, 0.15) is 0 Å². The summed E-state index contributed by atoms with van der Waals surface area (Å²) in [6.45, 7) is 4.68. The number of hydrogen-bond donors (Lipinski definition) is 2. The summed E-state index contributed by atoms with van der Waals surface area (Å²) in [5, 5.41) is 6.43. The van der Waals surface area contributed by atoms with Crippen molar-refractivity contribution in [3.05, 3.63) is 35.4 Å². The molecule has 2 N–H and O–H groups in total. The van der Waals surface area contributed by atoms with Crippen LogP contribution in [0, 0.1) is 5.92 Å². The summed E-state index contributed by atoms with van der Waals surface area (Å²) in [5.41, 5.74) is 1.72. The fourth-order valence-electron chi connectivity index (χ4n) is 3.64. The lowest BCUT2D eigenvalue weighted by Gasteiger charge is -2.26. The first kappa shape index (κ1) is 19.3. The van der Waals surface area contributed by atoms with E-state index in [0.717, 1.165) is 25.1 Å². The third-order valence-electron chi connectivity index (χ3n) is 5.27. The lowest BCUT2D eigenvalue weighted by atomic mass is 9.96. The molecule has 1 aromatic rings. The molecule has 0 spiro atoms. The lowest BCUT2D eigenvalue weighted by Crippen LogP contribution is -2.39. The van der Waals surface area contributed by atoms with Crippen molar-refractivity contribution >= 4 is 15.7 Å². The van der Waals surface area contributed by atoms with E-state index in [2.05, 4.69) is 15.5 Å². The van der Waals surface area contributed by atoms with Gasteiger partial charge in [-0.1, -0.05) is 12.1 Å². The second kappa shape index (κ2) is 8.97. The zero-order valence-electron chi connectivity index (χ0n) is 15.2. The van der Waals surface area contributed by atoms with E-state index in [-0.39, 0.29) is 17.4 Å². The van der Waals surface area contributed by atoms with E-state index in [0.29, 0.717) is 37.7 Å². The molecule has 1 atom stereocenters. The van der Waals surface area contributed by atoms with Gasteiger partial charge in [0.25, 0.3) is 5.91 Å². The van der Waals surface area contributed by atoms with Gasteiger partial charge in [0.2, 0.25) is 0 Å². The highest BCUT2D eigenvalue weighted by Gasteiger charge is 2.21. The number of piperidine rings is 1. The average Bonchev–Trinajstić information content (AvgIpc) is 2.64. The zero-order valence-corrected chi connectivity index (χ0v) is 16.1. The molecule has 0 aliphatic carbocycles. The Hall–Kier alpha value is -1.44. The predicted octanol–water partition coefficient (Wildman–Crippen LogP) is 1.04. The van der Waals surface area contributed by atoms with Crippen LogP contribution in [0.1, 0.15) is 35.2 Å². The predicted molar refractivity (Wildman–Crippen MR) is 103 cm³/mol. The molecular weight excluding hydrogens is 350 g/mol. The highest BCUT2D eigenvalue weighted by atomic mass is 32.2. The Bertz CT molecular complexity index is 700. The topological polar surface area (TPSA) is 78.5 Å². The van der Waals surface area contributed by atoms with Crippen LogP contribution in [-0.2, 0) is 16.4 Å². The van der Waals surface area contributed by atoms with Crippen LogP contribution in [0.25, 0.3) is 0 Å². The van der Waals surface area contributed by atoms with E-state index in [1.165, 1.54) is 12.8 Å². The third-order valence-corrected chi connectivity index (χ3v) is 6.88. The van der Waals surface area contributed by atoms with E-state index < -0.39 is 9.84 Å². The normalized spacial score (nSPS) is 23.5. The highest BCUT2D eigenvalue weighted by Crippen LogP contribution is 2.14. The largest absolute Gasteiger partial charge is 0.352 e. The minimum atomic E-state index is -2.86. The number of hydrogen-bond acceptors (Lipinski definition) is 5. The SMILES string of the molecule is O=C(NCCC1CCCNC1)c1cccc(CN2CCS(=O)(=O)CC2)c1.